The highest BCUT2D eigenvalue weighted by molar-refractivity contribution is 6.05. The van der Waals surface area contributed by atoms with Crippen molar-refractivity contribution in [3.8, 4) is 0 Å². The van der Waals surface area contributed by atoms with Crippen LogP contribution in [0.1, 0.15) is 27.0 Å². The first-order chi connectivity index (χ1) is 8.99. The van der Waals surface area contributed by atoms with Crippen LogP contribution in [0.4, 0.5) is 10.1 Å². The maximum Gasteiger partial charge on any atom is 0.258 e. The lowest BCUT2D eigenvalue weighted by Gasteiger charge is -2.11. The molecular formula is C16H16FNO. The Morgan fingerprint density at radius 2 is 1.84 bits per heavy atom. The lowest BCUT2D eigenvalue weighted by Crippen LogP contribution is -2.15. The molecule has 0 unspecified atom stereocenters. The van der Waals surface area contributed by atoms with Crippen LogP contribution in [0.3, 0.4) is 0 Å². The quantitative estimate of drug-likeness (QED) is 0.865. The van der Waals surface area contributed by atoms with E-state index in [1.54, 1.807) is 12.1 Å². The topological polar surface area (TPSA) is 29.1 Å². The summed E-state index contributed by atoms with van der Waals surface area (Å²) < 4.78 is 13.6. The predicted molar refractivity (Wildman–Crippen MR) is 75.0 cm³/mol. The van der Waals surface area contributed by atoms with Gasteiger partial charge in [0.15, 0.2) is 0 Å². The first kappa shape index (κ1) is 13.3. The second kappa shape index (κ2) is 5.22. The highest BCUT2D eigenvalue weighted by Gasteiger charge is 2.13. The Morgan fingerprint density at radius 3 is 2.58 bits per heavy atom. The number of carbonyl (C=O) groups is 1. The molecule has 0 aliphatic rings. The van der Waals surface area contributed by atoms with Crippen molar-refractivity contribution in [2.45, 2.75) is 20.8 Å². The van der Waals surface area contributed by atoms with Crippen molar-refractivity contribution in [2.75, 3.05) is 5.32 Å². The molecule has 0 saturated carbocycles. The second-order valence-corrected chi connectivity index (χ2v) is 4.68. The SMILES string of the molecule is Cc1ccc(F)c(C(=O)Nc2cccc(C)c2C)c1. The Kier molecular flexibility index (Phi) is 3.65. The zero-order valence-electron chi connectivity index (χ0n) is 11.3. The summed E-state index contributed by atoms with van der Waals surface area (Å²) in [6.07, 6.45) is 0. The number of nitrogens with one attached hydrogen (secondary N) is 1. The zero-order valence-corrected chi connectivity index (χ0v) is 11.3. The number of carbonyl (C=O) groups excluding carboxylic acids is 1. The average Bonchev–Trinajstić information content (AvgIpc) is 2.38. The third-order valence-corrected chi connectivity index (χ3v) is 3.22. The van der Waals surface area contributed by atoms with E-state index in [2.05, 4.69) is 5.32 Å². The first-order valence-electron chi connectivity index (χ1n) is 6.13. The van der Waals surface area contributed by atoms with Crippen LogP contribution >= 0.6 is 0 Å². The third kappa shape index (κ3) is 2.81. The molecule has 19 heavy (non-hydrogen) atoms. The molecule has 0 saturated heterocycles. The molecule has 3 heteroatoms. The van der Waals surface area contributed by atoms with Gasteiger partial charge in [0.05, 0.1) is 5.56 Å². The summed E-state index contributed by atoms with van der Waals surface area (Å²) in [7, 11) is 0. The van der Waals surface area contributed by atoms with Crippen LogP contribution < -0.4 is 5.32 Å². The molecule has 98 valence electrons. The van der Waals surface area contributed by atoms with E-state index in [0.717, 1.165) is 16.7 Å². The number of hydrogen-bond donors (Lipinski definition) is 1. The summed E-state index contributed by atoms with van der Waals surface area (Å²) in [6.45, 7) is 5.73. The van der Waals surface area contributed by atoms with E-state index in [1.807, 2.05) is 39.0 Å². The summed E-state index contributed by atoms with van der Waals surface area (Å²) in [5.74, 6) is -0.927. The van der Waals surface area contributed by atoms with E-state index in [-0.39, 0.29) is 5.56 Å². The second-order valence-electron chi connectivity index (χ2n) is 4.68. The molecule has 1 amide bonds. The molecule has 0 bridgehead atoms. The fourth-order valence-electron chi connectivity index (χ4n) is 1.89. The maximum atomic E-state index is 13.6. The van der Waals surface area contributed by atoms with Crippen LogP contribution in [-0.2, 0) is 0 Å². The van der Waals surface area contributed by atoms with Crippen LogP contribution in [0.15, 0.2) is 36.4 Å². The first-order valence-corrected chi connectivity index (χ1v) is 6.13. The van der Waals surface area contributed by atoms with Crippen molar-refractivity contribution in [3.63, 3.8) is 0 Å². The van der Waals surface area contributed by atoms with Gasteiger partial charge in [-0.1, -0.05) is 23.8 Å². The number of anilines is 1. The highest BCUT2D eigenvalue weighted by atomic mass is 19.1. The monoisotopic (exact) mass is 257 g/mol. The molecule has 0 aromatic heterocycles. The Bertz CT molecular complexity index is 635. The lowest BCUT2D eigenvalue weighted by molar-refractivity contribution is 0.102. The molecule has 0 spiro atoms. The van der Waals surface area contributed by atoms with Crippen LogP contribution in [0.5, 0.6) is 0 Å². The zero-order chi connectivity index (χ0) is 14.0. The molecule has 0 aliphatic heterocycles. The van der Waals surface area contributed by atoms with E-state index in [1.165, 1.54) is 6.07 Å². The summed E-state index contributed by atoms with van der Waals surface area (Å²) in [6, 6.07) is 10.2. The number of hydrogen-bond acceptors (Lipinski definition) is 1. The molecule has 2 nitrogen and oxygen atoms in total. The molecule has 2 aromatic rings. The molecule has 1 N–H and O–H groups in total. The van der Waals surface area contributed by atoms with Crippen molar-refractivity contribution >= 4 is 11.6 Å². The van der Waals surface area contributed by atoms with E-state index < -0.39 is 11.7 Å². The summed E-state index contributed by atoms with van der Waals surface area (Å²) >= 11 is 0. The summed E-state index contributed by atoms with van der Waals surface area (Å²) in [5.41, 5.74) is 3.71. The minimum atomic E-state index is -0.506. The van der Waals surface area contributed by atoms with Gasteiger partial charge in [-0.25, -0.2) is 4.39 Å². The Hall–Kier alpha value is -2.16. The van der Waals surface area contributed by atoms with Crippen molar-refractivity contribution < 1.29 is 9.18 Å². The number of amides is 1. The maximum absolute atomic E-state index is 13.6. The Labute approximate surface area is 112 Å². The summed E-state index contributed by atoms with van der Waals surface area (Å²) in [4.78, 5) is 12.1. The van der Waals surface area contributed by atoms with E-state index in [9.17, 15) is 9.18 Å². The highest BCUT2D eigenvalue weighted by Crippen LogP contribution is 2.19. The molecule has 0 aliphatic carbocycles. The van der Waals surface area contributed by atoms with Crippen LogP contribution in [0, 0.1) is 26.6 Å². The molecule has 2 rings (SSSR count). The molecule has 0 heterocycles. The van der Waals surface area contributed by atoms with Crippen LogP contribution in [0.2, 0.25) is 0 Å². The molecular weight excluding hydrogens is 241 g/mol. The van der Waals surface area contributed by atoms with Crippen LogP contribution in [0.25, 0.3) is 0 Å². The van der Waals surface area contributed by atoms with Crippen molar-refractivity contribution in [1.82, 2.24) is 0 Å². The molecule has 0 atom stereocenters. The minimum Gasteiger partial charge on any atom is -0.322 e. The predicted octanol–water partition coefficient (Wildman–Crippen LogP) is 4.00. The van der Waals surface area contributed by atoms with E-state index in [4.69, 9.17) is 0 Å². The smallest absolute Gasteiger partial charge is 0.258 e. The van der Waals surface area contributed by atoms with E-state index in [0.29, 0.717) is 5.69 Å². The van der Waals surface area contributed by atoms with Gasteiger partial charge in [-0.3, -0.25) is 4.79 Å². The molecule has 2 aromatic carbocycles. The number of benzene rings is 2. The average molecular weight is 257 g/mol. The van der Waals surface area contributed by atoms with Gasteiger partial charge in [0.2, 0.25) is 0 Å². The Morgan fingerprint density at radius 1 is 1.11 bits per heavy atom. The molecule has 0 radical (unpaired) electrons. The van der Waals surface area contributed by atoms with Gasteiger partial charge < -0.3 is 5.32 Å². The minimum absolute atomic E-state index is 0.0703. The van der Waals surface area contributed by atoms with Crippen molar-refractivity contribution in [3.05, 3.63) is 64.5 Å². The fraction of sp³-hybridized carbons (Fsp3) is 0.188. The van der Waals surface area contributed by atoms with Crippen molar-refractivity contribution in [1.29, 1.82) is 0 Å². The third-order valence-electron chi connectivity index (χ3n) is 3.22. The largest absolute Gasteiger partial charge is 0.322 e. The van der Waals surface area contributed by atoms with Gasteiger partial charge in [0, 0.05) is 5.69 Å². The number of halogens is 1. The van der Waals surface area contributed by atoms with Gasteiger partial charge in [-0.15, -0.1) is 0 Å². The standard InChI is InChI=1S/C16H16FNO/c1-10-7-8-14(17)13(9-10)16(19)18-15-6-4-5-11(2)12(15)3/h4-9H,1-3H3,(H,18,19). The van der Waals surface area contributed by atoms with Gasteiger partial charge in [0.25, 0.3) is 5.91 Å². The lowest BCUT2D eigenvalue weighted by atomic mass is 10.1. The van der Waals surface area contributed by atoms with Gasteiger partial charge in [-0.2, -0.15) is 0 Å². The fourth-order valence-corrected chi connectivity index (χ4v) is 1.89. The van der Waals surface area contributed by atoms with Gasteiger partial charge >= 0.3 is 0 Å². The Balaban J connectivity index is 2.31. The van der Waals surface area contributed by atoms with Crippen molar-refractivity contribution in [2.24, 2.45) is 0 Å². The number of aryl methyl sites for hydroxylation is 2. The van der Waals surface area contributed by atoms with E-state index >= 15 is 0 Å². The van der Waals surface area contributed by atoms with Gasteiger partial charge in [0.1, 0.15) is 5.82 Å². The summed E-state index contributed by atoms with van der Waals surface area (Å²) in [5, 5.41) is 2.76. The molecule has 0 fully saturated rings. The number of rotatable bonds is 2. The normalized spacial score (nSPS) is 10.3. The van der Waals surface area contributed by atoms with Gasteiger partial charge in [-0.05, 0) is 50.1 Å². The van der Waals surface area contributed by atoms with Crippen LogP contribution in [-0.4, -0.2) is 5.91 Å².